The number of urea groups is 1. The van der Waals surface area contributed by atoms with E-state index < -0.39 is 0 Å². The minimum Gasteiger partial charge on any atom is -0.393 e. The summed E-state index contributed by atoms with van der Waals surface area (Å²) < 4.78 is 1.69. The number of likely N-dealkylation sites (tertiary alicyclic amines) is 1. The number of aliphatic hydroxyl groups excluding tert-OH is 1. The third-order valence-electron chi connectivity index (χ3n) is 4.57. The van der Waals surface area contributed by atoms with E-state index in [1.165, 1.54) is 6.33 Å². The zero-order valence-corrected chi connectivity index (χ0v) is 13.8. The second kappa shape index (κ2) is 7.44. The molecular weight excluding hydrogens is 306 g/mol. The van der Waals surface area contributed by atoms with Crippen LogP contribution in [0, 0.1) is 5.92 Å². The molecule has 1 aliphatic rings. The summed E-state index contributed by atoms with van der Waals surface area (Å²) >= 11 is 0. The predicted octanol–water partition coefficient (Wildman–Crippen LogP) is 1.57. The van der Waals surface area contributed by atoms with Gasteiger partial charge in [-0.15, -0.1) is 0 Å². The van der Waals surface area contributed by atoms with E-state index in [0.717, 1.165) is 24.1 Å². The Hall–Kier alpha value is -2.41. The van der Waals surface area contributed by atoms with E-state index in [2.05, 4.69) is 15.4 Å². The third-order valence-corrected chi connectivity index (χ3v) is 4.57. The minimum absolute atomic E-state index is 0.0422. The van der Waals surface area contributed by atoms with Crippen LogP contribution >= 0.6 is 0 Å². The van der Waals surface area contributed by atoms with E-state index >= 15 is 0 Å². The van der Waals surface area contributed by atoms with Crippen molar-refractivity contribution in [2.45, 2.75) is 32.4 Å². The Morgan fingerprint density at radius 1 is 1.33 bits per heavy atom. The van der Waals surface area contributed by atoms with Gasteiger partial charge in [-0.2, -0.15) is 5.10 Å². The molecule has 0 saturated carbocycles. The largest absolute Gasteiger partial charge is 0.393 e. The van der Waals surface area contributed by atoms with Gasteiger partial charge >= 0.3 is 6.03 Å². The fraction of sp³-hybridized carbons (Fsp3) is 0.471. The summed E-state index contributed by atoms with van der Waals surface area (Å²) in [6.07, 6.45) is 4.57. The molecule has 3 rings (SSSR count). The first-order chi connectivity index (χ1) is 11.6. The molecule has 1 aromatic heterocycles. The Labute approximate surface area is 141 Å². The average Bonchev–Trinajstić information content (AvgIpc) is 3.15. The number of rotatable bonds is 4. The number of benzene rings is 1. The standard InChI is InChI=1S/C17H23N5O2/c1-13(23)15-6-8-21(9-7-15)17(24)19-10-14-2-4-16(5-3-14)22-12-18-11-20-22/h2-5,11-13,15,23H,6-10H2,1H3,(H,19,24). The Balaban J connectivity index is 1.48. The maximum absolute atomic E-state index is 12.2. The van der Waals surface area contributed by atoms with Gasteiger partial charge in [-0.05, 0) is 43.4 Å². The first-order valence-electron chi connectivity index (χ1n) is 8.28. The lowest BCUT2D eigenvalue weighted by Crippen LogP contribution is -2.45. The summed E-state index contributed by atoms with van der Waals surface area (Å²) in [5, 5.41) is 16.7. The normalized spacial score (nSPS) is 16.8. The second-order valence-corrected chi connectivity index (χ2v) is 6.23. The number of aliphatic hydroxyl groups is 1. The molecule has 2 amide bonds. The maximum atomic E-state index is 12.2. The van der Waals surface area contributed by atoms with Crippen LogP contribution in [-0.4, -0.2) is 50.0 Å². The van der Waals surface area contributed by atoms with Gasteiger partial charge in [-0.1, -0.05) is 12.1 Å². The van der Waals surface area contributed by atoms with Crippen LogP contribution in [0.1, 0.15) is 25.3 Å². The van der Waals surface area contributed by atoms with E-state index in [0.29, 0.717) is 25.6 Å². The molecule has 0 radical (unpaired) electrons. The molecule has 2 N–H and O–H groups in total. The summed E-state index contributed by atoms with van der Waals surface area (Å²) in [6.45, 7) is 3.72. The lowest BCUT2D eigenvalue weighted by molar-refractivity contribution is 0.0798. The molecule has 2 heterocycles. The van der Waals surface area contributed by atoms with Crippen LogP contribution in [0.2, 0.25) is 0 Å². The van der Waals surface area contributed by atoms with E-state index in [4.69, 9.17) is 0 Å². The summed E-state index contributed by atoms with van der Waals surface area (Å²) in [5.41, 5.74) is 1.97. The van der Waals surface area contributed by atoms with Crippen molar-refractivity contribution in [1.29, 1.82) is 0 Å². The summed E-state index contributed by atoms with van der Waals surface area (Å²) in [7, 11) is 0. The van der Waals surface area contributed by atoms with Crippen LogP contribution in [0.15, 0.2) is 36.9 Å². The highest BCUT2D eigenvalue weighted by molar-refractivity contribution is 5.74. The highest BCUT2D eigenvalue weighted by atomic mass is 16.3. The average molecular weight is 329 g/mol. The first-order valence-corrected chi connectivity index (χ1v) is 8.28. The van der Waals surface area contributed by atoms with Gasteiger partial charge in [0, 0.05) is 19.6 Å². The molecule has 7 heteroatoms. The molecule has 0 bridgehead atoms. The topological polar surface area (TPSA) is 83.3 Å². The number of amides is 2. The van der Waals surface area contributed by atoms with Gasteiger partial charge in [0.15, 0.2) is 0 Å². The van der Waals surface area contributed by atoms with Crippen molar-refractivity contribution in [3.05, 3.63) is 42.5 Å². The lowest BCUT2D eigenvalue weighted by atomic mass is 9.92. The van der Waals surface area contributed by atoms with E-state index in [1.807, 2.05) is 36.1 Å². The van der Waals surface area contributed by atoms with Gasteiger partial charge in [0.05, 0.1) is 11.8 Å². The Bertz CT molecular complexity index is 646. The van der Waals surface area contributed by atoms with E-state index in [-0.39, 0.29) is 12.1 Å². The fourth-order valence-electron chi connectivity index (χ4n) is 2.98. The van der Waals surface area contributed by atoms with Crippen LogP contribution in [0.3, 0.4) is 0 Å². The predicted molar refractivity (Wildman–Crippen MR) is 89.6 cm³/mol. The molecule has 1 unspecified atom stereocenters. The number of aromatic nitrogens is 3. The molecular formula is C17H23N5O2. The number of carbonyl (C=O) groups is 1. The number of piperidine rings is 1. The minimum atomic E-state index is -0.293. The molecule has 128 valence electrons. The molecule has 1 aliphatic heterocycles. The van der Waals surface area contributed by atoms with E-state index in [1.54, 1.807) is 11.0 Å². The van der Waals surface area contributed by atoms with Crippen LogP contribution < -0.4 is 5.32 Å². The highest BCUT2D eigenvalue weighted by Crippen LogP contribution is 2.20. The Morgan fingerprint density at radius 2 is 2.04 bits per heavy atom. The molecule has 0 spiro atoms. The van der Waals surface area contributed by atoms with Gasteiger partial charge in [0.25, 0.3) is 0 Å². The second-order valence-electron chi connectivity index (χ2n) is 6.23. The molecule has 0 aliphatic carbocycles. The number of nitrogens with one attached hydrogen (secondary N) is 1. The van der Waals surface area contributed by atoms with Gasteiger partial charge < -0.3 is 15.3 Å². The Morgan fingerprint density at radius 3 is 2.62 bits per heavy atom. The maximum Gasteiger partial charge on any atom is 0.317 e. The zero-order valence-electron chi connectivity index (χ0n) is 13.8. The van der Waals surface area contributed by atoms with Gasteiger partial charge in [-0.25, -0.2) is 14.5 Å². The fourth-order valence-corrected chi connectivity index (χ4v) is 2.98. The van der Waals surface area contributed by atoms with Crippen LogP contribution in [-0.2, 0) is 6.54 Å². The van der Waals surface area contributed by atoms with Gasteiger partial charge in [-0.3, -0.25) is 0 Å². The van der Waals surface area contributed by atoms with Gasteiger partial charge in [0.1, 0.15) is 12.7 Å². The van der Waals surface area contributed by atoms with Crippen LogP contribution in [0.4, 0.5) is 4.79 Å². The molecule has 1 fully saturated rings. The van der Waals surface area contributed by atoms with Gasteiger partial charge in [0.2, 0.25) is 0 Å². The third kappa shape index (κ3) is 3.91. The number of carbonyl (C=O) groups excluding carboxylic acids is 1. The Kier molecular flexibility index (Phi) is 5.10. The van der Waals surface area contributed by atoms with Crippen molar-refractivity contribution in [3.63, 3.8) is 0 Å². The number of hydrogen-bond acceptors (Lipinski definition) is 4. The monoisotopic (exact) mass is 329 g/mol. The zero-order chi connectivity index (χ0) is 16.9. The molecule has 1 atom stereocenters. The first kappa shape index (κ1) is 16.4. The molecule has 2 aromatic rings. The van der Waals surface area contributed by atoms with Crippen molar-refractivity contribution in [1.82, 2.24) is 25.0 Å². The lowest BCUT2D eigenvalue weighted by Gasteiger charge is -2.33. The van der Waals surface area contributed by atoms with E-state index in [9.17, 15) is 9.90 Å². The SMILES string of the molecule is CC(O)C1CCN(C(=O)NCc2ccc(-n3cncn3)cc2)CC1. The quantitative estimate of drug-likeness (QED) is 0.892. The van der Waals surface area contributed by atoms with Crippen molar-refractivity contribution in [2.75, 3.05) is 13.1 Å². The number of nitrogens with zero attached hydrogens (tertiary/aromatic N) is 4. The van der Waals surface area contributed by atoms with Crippen molar-refractivity contribution >= 4 is 6.03 Å². The summed E-state index contributed by atoms with van der Waals surface area (Å²) in [4.78, 5) is 18.0. The van der Waals surface area contributed by atoms with Crippen LogP contribution in [0.25, 0.3) is 5.69 Å². The molecule has 7 nitrogen and oxygen atoms in total. The van der Waals surface area contributed by atoms with Crippen molar-refractivity contribution in [3.8, 4) is 5.69 Å². The molecule has 1 aromatic carbocycles. The number of hydrogen-bond donors (Lipinski definition) is 2. The molecule has 1 saturated heterocycles. The highest BCUT2D eigenvalue weighted by Gasteiger charge is 2.25. The van der Waals surface area contributed by atoms with Crippen molar-refractivity contribution in [2.24, 2.45) is 5.92 Å². The summed E-state index contributed by atoms with van der Waals surface area (Å²) in [6, 6.07) is 7.79. The van der Waals surface area contributed by atoms with Crippen molar-refractivity contribution < 1.29 is 9.90 Å². The molecule has 24 heavy (non-hydrogen) atoms. The van der Waals surface area contributed by atoms with Crippen LogP contribution in [0.5, 0.6) is 0 Å². The smallest absolute Gasteiger partial charge is 0.317 e. The summed E-state index contributed by atoms with van der Waals surface area (Å²) in [5.74, 6) is 0.304.